The molecular weight excluding hydrogens is 557 g/mol. The number of nitrogens with one attached hydrogen (secondary N) is 1. The molecule has 0 bridgehead atoms. The number of piperazine rings is 1. The van der Waals surface area contributed by atoms with Crippen molar-refractivity contribution < 1.29 is 37.1 Å². The highest BCUT2D eigenvalue weighted by Gasteiger charge is 2.25. The zero-order chi connectivity index (χ0) is 26.3. The fourth-order valence-corrected chi connectivity index (χ4v) is 4.54. The quantitative estimate of drug-likeness (QED) is 0.220. The Morgan fingerprint density at radius 3 is 2.54 bits per heavy atom. The van der Waals surface area contributed by atoms with Gasteiger partial charge in [0.05, 0.1) is 29.1 Å². The summed E-state index contributed by atoms with van der Waals surface area (Å²) in [6.07, 6.45) is 1.47. The fraction of sp³-hybridized carbons (Fsp3) is 0.400. The molecule has 1 aromatic heterocycles. The normalized spacial score (nSPS) is 13.9. The fourth-order valence-electron chi connectivity index (χ4n) is 3.44. The van der Waals surface area contributed by atoms with Crippen LogP contribution in [0, 0.1) is 10.1 Å². The van der Waals surface area contributed by atoms with Crippen molar-refractivity contribution in [1.29, 1.82) is 0 Å². The predicted molar refractivity (Wildman–Crippen MR) is 132 cm³/mol. The number of hydrogen-bond acceptors (Lipinski definition) is 11. The highest BCUT2D eigenvalue weighted by Crippen LogP contribution is 2.29. The molecule has 1 fully saturated rings. The highest BCUT2D eigenvalue weighted by molar-refractivity contribution is 7.89. The van der Waals surface area contributed by atoms with Crippen LogP contribution in [0.15, 0.2) is 39.8 Å². The minimum Gasteiger partial charge on any atom is -0.467 e. The first-order valence-electron chi connectivity index (χ1n) is 10.6. The van der Waals surface area contributed by atoms with Crippen molar-refractivity contribution in [2.75, 3.05) is 51.3 Å². The monoisotopic (exact) mass is 581 g/mol. The molecule has 204 valence electrons. The maximum Gasteiger partial charge on any atom is 0.340 e. The molecule has 2 aromatic rings. The van der Waals surface area contributed by atoms with Crippen molar-refractivity contribution in [3.8, 4) is 0 Å². The van der Waals surface area contributed by atoms with E-state index in [-0.39, 0.29) is 41.8 Å². The molecule has 1 amide bonds. The van der Waals surface area contributed by atoms with Crippen LogP contribution in [0.3, 0.4) is 0 Å². The summed E-state index contributed by atoms with van der Waals surface area (Å²) in [6.45, 7) is 1.46. The molecule has 2 heterocycles. The molecule has 0 spiro atoms. The lowest BCUT2D eigenvalue weighted by Gasteiger charge is -2.34. The van der Waals surface area contributed by atoms with E-state index in [2.05, 4.69) is 10.2 Å². The van der Waals surface area contributed by atoms with Crippen LogP contribution in [0.4, 0.5) is 5.69 Å². The number of ether oxygens (including phenoxy) is 1. The van der Waals surface area contributed by atoms with Gasteiger partial charge < -0.3 is 24.2 Å². The number of furan rings is 1. The molecular formula is C20H25Cl2N5O9S. The van der Waals surface area contributed by atoms with Crippen LogP contribution in [0.25, 0.3) is 0 Å². The molecule has 37 heavy (non-hydrogen) atoms. The van der Waals surface area contributed by atoms with Gasteiger partial charge in [0.25, 0.3) is 11.0 Å². The van der Waals surface area contributed by atoms with Gasteiger partial charge in [-0.3, -0.25) is 9.69 Å². The molecule has 3 N–H and O–H groups in total. The first kappa shape index (κ1) is 30.1. The number of amides is 1. The van der Waals surface area contributed by atoms with Crippen LogP contribution in [-0.4, -0.2) is 81.1 Å². The number of carbonyl (C=O) groups excluding carboxylic acids is 2. The Balaban J connectivity index is 0.00000481. The predicted octanol–water partition coefficient (Wildman–Crippen LogP) is 1.12. The van der Waals surface area contributed by atoms with Gasteiger partial charge in [-0.25, -0.2) is 18.4 Å². The molecule has 0 unspecified atom stereocenters. The number of rotatable bonds is 11. The Kier molecular flexibility index (Phi) is 10.9. The van der Waals surface area contributed by atoms with Gasteiger partial charge >= 0.3 is 5.97 Å². The van der Waals surface area contributed by atoms with Gasteiger partial charge in [-0.2, -0.15) is 0 Å². The summed E-state index contributed by atoms with van der Waals surface area (Å²) in [5.74, 6) is -0.863. The van der Waals surface area contributed by atoms with Crippen LogP contribution in [0.1, 0.15) is 16.1 Å². The highest BCUT2D eigenvalue weighted by atomic mass is 35.5. The first-order valence-corrected chi connectivity index (χ1v) is 12.5. The summed E-state index contributed by atoms with van der Waals surface area (Å²) in [7, 11) is -4.24. The Hall–Kier alpha value is -3.11. The van der Waals surface area contributed by atoms with Crippen LogP contribution in [0.5, 0.6) is 0 Å². The average Bonchev–Trinajstić information content (AvgIpc) is 3.34. The summed E-state index contributed by atoms with van der Waals surface area (Å²) in [5, 5.41) is 17.3. The Morgan fingerprint density at radius 1 is 1.24 bits per heavy atom. The summed E-state index contributed by atoms with van der Waals surface area (Å²) in [4.78, 5) is 42.8. The number of nitrogens with zero attached hydrogens (tertiary/aromatic N) is 3. The lowest BCUT2D eigenvalue weighted by Crippen LogP contribution is -2.50. The maximum absolute atomic E-state index is 12.8. The number of anilines is 1. The third kappa shape index (κ3) is 8.75. The van der Waals surface area contributed by atoms with Crippen molar-refractivity contribution in [2.45, 2.75) is 11.4 Å². The molecule has 0 saturated carbocycles. The molecule has 0 radical (unpaired) electrons. The molecule has 1 aliphatic heterocycles. The number of halogens is 2. The molecule has 1 saturated heterocycles. The number of esters is 1. The molecule has 1 aliphatic rings. The molecule has 1 aromatic carbocycles. The number of primary sulfonamides is 1. The van der Waals surface area contributed by atoms with E-state index in [4.69, 9.17) is 25.9 Å². The summed E-state index contributed by atoms with van der Waals surface area (Å²) in [5.41, 5.74) is -0.0230. The van der Waals surface area contributed by atoms with Gasteiger partial charge in [-0.15, -0.1) is 22.5 Å². The number of carbonyl (C=O) groups is 2. The van der Waals surface area contributed by atoms with Crippen LogP contribution >= 0.6 is 24.0 Å². The van der Waals surface area contributed by atoms with Gasteiger partial charge in [0.15, 0.2) is 6.61 Å². The Morgan fingerprint density at radius 2 is 1.95 bits per heavy atom. The van der Waals surface area contributed by atoms with E-state index in [9.17, 15) is 28.1 Å². The number of benzene rings is 1. The van der Waals surface area contributed by atoms with Crippen molar-refractivity contribution in [3.63, 3.8) is 0 Å². The number of sulfonamides is 1. The minimum atomic E-state index is -4.24. The second-order valence-corrected chi connectivity index (χ2v) is 9.60. The van der Waals surface area contributed by atoms with E-state index < -0.39 is 38.5 Å². The van der Waals surface area contributed by atoms with E-state index in [0.29, 0.717) is 38.5 Å². The Bertz CT molecular complexity index is 1200. The lowest BCUT2D eigenvalue weighted by molar-refractivity contribution is -0.757. The van der Waals surface area contributed by atoms with Gasteiger partial charge in [0.1, 0.15) is 17.3 Å². The SMILES string of the molecule is Cl.NS(=O)(=O)c1cc(C(=O)OCC(=O)N2CCN(CCO[N+](=O)[O-])CC2)c(NCc2ccco2)cc1Cl. The standard InChI is InChI=1S/C20H24ClN5O9S.ClH/c21-16-11-17(23-12-14-2-1-8-33-14)15(10-18(16)36(22,31)32)20(28)34-13-19(27)25-5-3-24(4-6-25)7-9-35-26(29)30;/h1-2,8,10-11,23H,3-7,9,12-13H2,(H2,22,31,32);1H. The smallest absolute Gasteiger partial charge is 0.340 e. The molecule has 0 aliphatic carbocycles. The van der Waals surface area contributed by atoms with Gasteiger partial charge in [0, 0.05) is 32.7 Å². The van der Waals surface area contributed by atoms with Crippen molar-refractivity contribution in [3.05, 3.63) is 57.0 Å². The van der Waals surface area contributed by atoms with Crippen LogP contribution in [-0.2, 0) is 30.9 Å². The topological polar surface area (TPSA) is 188 Å². The van der Waals surface area contributed by atoms with Crippen LogP contribution < -0.4 is 10.5 Å². The second-order valence-electron chi connectivity index (χ2n) is 7.66. The minimum absolute atomic E-state index is 0. The van der Waals surface area contributed by atoms with Gasteiger partial charge in [-0.05, 0) is 24.3 Å². The largest absolute Gasteiger partial charge is 0.467 e. The van der Waals surface area contributed by atoms with Crippen molar-refractivity contribution in [1.82, 2.24) is 9.80 Å². The van der Waals surface area contributed by atoms with Crippen molar-refractivity contribution in [2.24, 2.45) is 5.14 Å². The molecule has 3 rings (SSSR count). The Labute approximate surface area is 223 Å². The average molecular weight is 582 g/mol. The third-order valence-corrected chi connectivity index (χ3v) is 6.66. The second kappa shape index (κ2) is 13.4. The first-order chi connectivity index (χ1) is 17.0. The maximum atomic E-state index is 12.8. The molecule has 14 nitrogen and oxygen atoms in total. The van der Waals surface area contributed by atoms with Crippen molar-refractivity contribution >= 4 is 51.6 Å². The van der Waals surface area contributed by atoms with E-state index in [1.165, 1.54) is 17.2 Å². The third-order valence-electron chi connectivity index (χ3n) is 5.29. The summed E-state index contributed by atoms with van der Waals surface area (Å²) < 4.78 is 34.2. The number of hydrogen-bond donors (Lipinski definition) is 2. The zero-order valence-electron chi connectivity index (χ0n) is 19.3. The van der Waals surface area contributed by atoms with E-state index in [1.807, 2.05) is 4.90 Å². The summed E-state index contributed by atoms with van der Waals surface area (Å²) in [6, 6.07) is 5.58. The van der Waals surface area contributed by atoms with Gasteiger partial charge in [0.2, 0.25) is 10.0 Å². The summed E-state index contributed by atoms with van der Waals surface area (Å²) >= 11 is 6.06. The van der Waals surface area contributed by atoms with Gasteiger partial charge in [-0.1, -0.05) is 11.6 Å². The zero-order valence-corrected chi connectivity index (χ0v) is 21.7. The lowest BCUT2D eigenvalue weighted by atomic mass is 10.1. The van der Waals surface area contributed by atoms with E-state index in [1.54, 1.807) is 12.1 Å². The van der Waals surface area contributed by atoms with E-state index in [0.717, 1.165) is 6.07 Å². The van der Waals surface area contributed by atoms with Crippen LogP contribution in [0.2, 0.25) is 5.02 Å². The van der Waals surface area contributed by atoms with E-state index >= 15 is 0 Å². The molecule has 0 atom stereocenters. The number of nitrogens with two attached hydrogens (primary N) is 1. The molecule has 17 heteroatoms.